The zero-order valence-corrected chi connectivity index (χ0v) is 9.37. The average Bonchev–Trinajstić information content (AvgIpc) is 2.86. The topological polar surface area (TPSA) is 74.5 Å². The molecule has 0 unspecified atom stereocenters. The maximum atomic E-state index is 5.45. The molecular formula is C10H16N6. The Morgan fingerprint density at radius 3 is 2.94 bits per heavy atom. The van der Waals surface area contributed by atoms with Gasteiger partial charge in [0.15, 0.2) is 0 Å². The Bertz CT molecular complexity index is 444. The van der Waals surface area contributed by atoms with Crippen LogP contribution in [0.15, 0.2) is 18.5 Å². The molecule has 0 aliphatic carbocycles. The molecule has 0 aliphatic heterocycles. The first kappa shape index (κ1) is 10.8. The molecule has 0 aromatic carbocycles. The zero-order valence-electron chi connectivity index (χ0n) is 9.37. The lowest BCUT2D eigenvalue weighted by Gasteiger charge is -2.01. The van der Waals surface area contributed by atoms with Crippen LogP contribution in [0.1, 0.15) is 11.4 Å². The molecule has 0 saturated carbocycles. The molecule has 0 aliphatic rings. The number of aryl methyl sites for hydroxylation is 3. The smallest absolute Gasteiger partial charge is 0.0839 e. The lowest BCUT2D eigenvalue weighted by atomic mass is 10.3. The van der Waals surface area contributed by atoms with Crippen molar-refractivity contribution in [3.05, 3.63) is 29.8 Å². The molecule has 2 aromatic heterocycles. The molecule has 0 bridgehead atoms. The molecule has 86 valence electrons. The van der Waals surface area contributed by atoms with E-state index in [1.54, 1.807) is 6.20 Å². The standard InChI is InChI=1S/C10H16N6/c1-15-10(3-6-12-15)4-7-16-8-9(2-5-11)13-14-16/h3,6,8H,2,4-5,7,11H2,1H3. The summed E-state index contributed by atoms with van der Waals surface area (Å²) in [5.74, 6) is 0. The van der Waals surface area contributed by atoms with E-state index in [0.29, 0.717) is 6.54 Å². The molecule has 2 N–H and O–H groups in total. The Morgan fingerprint density at radius 2 is 2.25 bits per heavy atom. The molecule has 0 amide bonds. The van der Waals surface area contributed by atoms with Gasteiger partial charge in [0.1, 0.15) is 0 Å². The second-order valence-corrected chi connectivity index (χ2v) is 3.71. The first-order chi connectivity index (χ1) is 7.79. The summed E-state index contributed by atoms with van der Waals surface area (Å²) >= 11 is 0. The third-order valence-corrected chi connectivity index (χ3v) is 2.51. The summed E-state index contributed by atoms with van der Waals surface area (Å²) in [5.41, 5.74) is 7.59. The van der Waals surface area contributed by atoms with Gasteiger partial charge in [0.05, 0.1) is 5.69 Å². The number of nitrogens with two attached hydrogens (primary N) is 1. The second-order valence-electron chi connectivity index (χ2n) is 3.71. The molecule has 0 saturated heterocycles. The van der Waals surface area contributed by atoms with Crippen LogP contribution >= 0.6 is 0 Å². The predicted octanol–water partition coefficient (Wildman–Crippen LogP) is -0.244. The Balaban J connectivity index is 1.92. The van der Waals surface area contributed by atoms with Gasteiger partial charge in [0.25, 0.3) is 0 Å². The normalized spacial score (nSPS) is 10.9. The number of hydrogen-bond acceptors (Lipinski definition) is 4. The van der Waals surface area contributed by atoms with Crippen molar-refractivity contribution in [2.45, 2.75) is 19.4 Å². The highest BCUT2D eigenvalue weighted by molar-refractivity contribution is 5.00. The van der Waals surface area contributed by atoms with Crippen molar-refractivity contribution in [1.29, 1.82) is 0 Å². The molecule has 0 spiro atoms. The van der Waals surface area contributed by atoms with Crippen molar-refractivity contribution in [3.63, 3.8) is 0 Å². The van der Waals surface area contributed by atoms with Gasteiger partial charge in [-0.25, -0.2) is 0 Å². The number of aromatic nitrogens is 5. The summed E-state index contributed by atoms with van der Waals surface area (Å²) < 4.78 is 3.72. The number of nitrogens with zero attached hydrogens (tertiary/aromatic N) is 5. The number of hydrogen-bond donors (Lipinski definition) is 1. The van der Waals surface area contributed by atoms with Crippen LogP contribution in [0.4, 0.5) is 0 Å². The quantitative estimate of drug-likeness (QED) is 0.754. The molecule has 0 fully saturated rings. The highest BCUT2D eigenvalue weighted by Gasteiger charge is 2.02. The van der Waals surface area contributed by atoms with Crippen molar-refractivity contribution >= 4 is 0 Å². The summed E-state index contributed by atoms with van der Waals surface area (Å²) in [6, 6.07) is 2.01. The summed E-state index contributed by atoms with van der Waals surface area (Å²) in [7, 11) is 1.94. The Hall–Kier alpha value is -1.69. The monoisotopic (exact) mass is 220 g/mol. The minimum atomic E-state index is 0.612. The fraction of sp³-hybridized carbons (Fsp3) is 0.500. The zero-order chi connectivity index (χ0) is 11.4. The van der Waals surface area contributed by atoms with E-state index in [1.165, 1.54) is 5.69 Å². The maximum Gasteiger partial charge on any atom is 0.0839 e. The third-order valence-electron chi connectivity index (χ3n) is 2.51. The lowest BCUT2D eigenvalue weighted by molar-refractivity contribution is 0.567. The first-order valence-electron chi connectivity index (χ1n) is 5.35. The van der Waals surface area contributed by atoms with Gasteiger partial charge in [-0.2, -0.15) is 5.10 Å². The van der Waals surface area contributed by atoms with Crippen molar-refractivity contribution in [2.75, 3.05) is 6.54 Å². The first-order valence-corrected chi connectivity index (χ1v) is 5.35. The fourth-order valence-electron chi connectivity index (χ4n) is 1.59. The van der Waals surface area contributed by atoms with Crippen LogP contribution in [-0.4, -0.2) is 31.3 Å². The van der Waals surface area contributed by atoms with Crippen LogP contribution in [0.2, 0.25) is 0 Å². The molecule has 6 nitrogen and oxygen atoms in total. The van der Waals surface area contributed by atoms with E-state index in [2.05, 4.69) is 15.4 Å². The maximum absolute atomic E-state index is 5.45. The second kappa shape index (κ2) is 4.89. The molecule has 6 heteroatoms. The molecule has 2 rings (SSSR count). The fourth-order valence-corrected chi connectivity index (χ4v) is 1.59. The van der Waals surface area contributed by atoms with Gasteiger partial charge in [-0.05, 0) is 12.6 Å². The summed E-state index contributed by atoms with van der Waals surface area (Å²) in [6.07, 6.45) is 5.44. The van der Waals surface area contributed by atoms with Crippen LogP contribution < -0.4 is 5.73 Å². The van der Waals surface area contributed by atoms with Gasteiger partial charge in [0.2, 0.25) is 0 Å². The van der Waals surface area contributed by atoms with Gasteiger partial charge in [-0.1, -0.05) is 5.21 Å². The highest BCUT2D eigenvalue weighted by Crippen LogP contribution is 2.00. The summed E-state index contributed by atoms with van der Waals surface area (Å²) in [5, 5.41) is 12.2. The predicted molar refractivity (Wildman–Crippen MR) is 59.7 cm³/mol. The van der Waals surface area contributed by atoms with Gasteiger partial charge >= 0.3 is 0 Å². The van der Waals surface area contributed by atoms with Crippen molar-refractivity contribution in [2.24, 2.45) is 12.8 Å². The van der Waals surface area contributed by atoms with E-state index in [9.17, 15) is 0 Å². The van der Waals surface area contributed by atoms with E-state index in [0.717, 1.165) is 25.1 Å². The molecular weight excluding hydrogens is 204 g/mol. The molecule has 2 heterocycles. The Kier molecular flexibility index (Phi) is 3.31. The average molecular weight is 220 g/mol. The minimum Gasteiger partial charge on any atom is -0.330 e. The SMILES string of the molecule is Cn1nccc1CCn1cc(CCN)nn1. The third kappa shape index (κ3) is 2.46. The molecule has 16 heavy (non-hydrogen) atoms. The Labute approximate surface area is 94.1 Å². The van der Waals surface area contributed by atoms with E-state index in [4.69, 9.17) is 5.73 Å². The van der Waals surface area contributed by atoms with E-state index < -0.39 is 0 Å². The molecule has 0 radical (unpaired) electrons. The summed E-state index contributed by atoms with van der Waals surface area (Å²) in [4.78, 5) is 0. The van der Waals surface area contributed by atoms with Crippen LogP contribution in [0.25, 0.3) is 0 Å². The van der Waals surface area contributed by atoms with Gasteiger partial charge < -0.3 is 5.73 Å². The van der Waals surface area contributed by atoms with Gasteiger partial charge in [0, 0.05) is 44.5 Å². The van der Waals surface area contributed by atoms with Crippen LogP contribution in [0.3, 0.4) is 0 Å². The molecule has 0 atom stereocenters. The van der Waals surface area contributed by atoms with Gasteiger partial charge in [-0.3, -0.25) is 9.36 Å². The van der Waals surface area contributed by atoms with Crippen molar-refractivity contribution < 1.29 is 0 Å². The van der Waals surface area contributed by atoms with Crippen LogP contribution in [0.5, 0.6) is 0 Å². The summed E-state index contributed by atoms with van der Waals surface area (Å²) in [6.45, 7) is 1.43. The van der Waals surface area contributed by atoms with E-state index >= 15 is 0 Å². The van der Waals surface area contributed by atoms with Crippen molar-refractivity contribution in [1.82, 2.24) is 24.8 Å². The van der Waals surface area contributed by atoms with Crippen LogP contribution in [-0.2, 0) is 26.4 Å². The molecule has 2 aromatic rings. The largest absolute Gasteiger partial charge is 0.330 e. The van der Waals surface area contributed by atoms with Crippen molar-refractivity contribution in [3.8, 4) is 0 Å². The van der Waals surface area contributed by atoms with E-state index in [1.807, 2.05) is 28.7 Å². The lowest BCUT2D eigenvalue weighted by Crippen LogP contribution is -2.06. The minimum absolute atomic E-state index is 0.612. The number of rotatable bonds is 5. The van der Waals surface area contributed by atoms with Crippen LogP contribution in [0, 0.1) is 0 Å². The highest BCUT2D eigenvalue weighted by atomic mass is 15.4. The van der Waals surface area contributed by atoms with E-state index in [-0.39, 0.29) is 0 Å². The Morgan fingerprint density at radius 1 is 1.38 bits per heavy atom. The van der Waals surface area contributed by atoms with Gasteiger partial charge in [-0.15, -0.1) is 5.10 Å².